The molecule has 1 aromatic heterocycles. The molecule has 3 aromatic rings. The first-order valence-electron chi connectivity index (χ1n) is 13.4. The number of carbonyl (C=O) groups is 2. The van der Waals surface area contributed by atoms with Crippen molar-refractivity contribution in [2.75, 3.05) is 24.5 Å². The summed E-state index contributed by atoms with van der Waals surface area (Å²) in [6.07, 6.45) is 3.24. The average molecular weight is 571 g/mol. The molecule has 2 amide bonds. The Bertz CT molecular complexity index is 1380. The van der Waals surface area contributed by atoms with E-state index in [9.17, 15) is 22.8 Å². The van der Waals surface area contributed by atoms with E-state index >= 15 is 0 Å². The average Bonchev–Trinajstić information content (AvgIpc) is 2.96. The van der Waals surface area contributed by atoms with Gasteiger partial charge in [0.25, 0.3) is 11.8 Å². The van der Waals surface area contributed by atoms with Gasteiger partial charge in [-0.05, 0) is 85.7 Å². The number of halogens is 4. The molecule has 2 heterocycles. The summed E-state index contributed by atoms with van der Waals surface area (Å²) in [5.41, 5.74) is 2.66. The third-order valence-electron chi connectivity index (χ3n) is 7.75. The van der Waals surface area contributed by atoms with E-state index in [-0.39, 0.29) is 35.0 Å². The van der Waals surface area contributed by atoms with Crippen molar-refractivity contribution < 1.29 is 22.8 Å². The third kappa shape index (κ3) is 6.41. The van der Waals surface area contributed by atoms with E-state index in [1.165, 1.54) is 0 Å². The van der Waals surface area contributed by atoms with E-state index in [2.05, 4.69) is 20.5 Å². The van der Waals surface area contributed by atoms with Crippen molar-refractivity contribution in [3.8, 4) is 0 Å². The van der Waals surface area contributed by atoms with Gasteiger partial charge in [0, 0.05) is 55.2 Å². The van der Waals surface area contributed by atoms with E-state index < -0.39 is 17.6 Å². The lowest BCUT2D eigenvalue weighted by Gasteiger charge is -2.34. The molecule has 0 spiro atoms. The van der Waals surface area contributed by atoms with Crippen molar-refractivity contribution in [2.45, 2.75) is 50.2 Å². The number of hydrogen-bond acceptors (Lipinski definition) is 4. The second-order valence-corrected chi connectivity index (χ2v) is 10.8. The molecule has 10 heteroatoms. The van der Waals surface area contributed by atoms with Gasteiger partial charge in [-0.2, -0.15) is 13.2 Å². The number of benzene rings is 2. The minimum Gasteiger partial charge on any atom is -0.371 e. The lowest BCUT2D eigenvalue weighted by atomic mass is 9.81. The number of alkyl halides is 3. The molecule has 2 N–H and O–H groups in total. The van der Waals surface area contributed by atoms with Gasteiger partial charge in [0.2, 0.25) is 0 Å². The number of amides is 2. The van der Waals surface area contributed by atoms with E-state index in [0.29, 0.717) is 5.56 Å². The highest BCUT2D eigenvalue weighted by molar-refractivity contribution is 6.33. The van der Waals surface area contributed by atoms with E-state index in [0.717, 1.165) is 80.2 Å². The van der Waals surface area contributed by atoms with Gasteiger partial charge in [0.15, 0.2) is 0 Å². The monoisotopic (exact) mass is 570 g/mol. The first-order valence-corrected chi connectivity index (χ1v) is 13.8. The Morgan fingerprint density at radius 3 is 2.45 bits per heavy atom. The van der Waals surface area contributed by atoms with Gasteiger partial charge in [-0.1, -0.05) is 17.7 Å². The van der Waals surface area contributed by atoms with Crippen LogP contribution in [0.1, 0.15) is 69.0 Å². The molecule has 2 aromatic carbocycles. The Hall–Kier alpha value is -3.59. The molecule has 1 aliphatic carbocycles. The Labute approximate surface area is 235 Å². The van der Waals surface area contributed by atoms with Gasteiger partial charge >= 0.3 is 6.18 Å². The number of aryl methyl sites for hydroxylation is 1. The fraction of sp³-hybridized carbons (Fsp3) is 0.367. The minimum absolute atomic E-state index is 0.0416. The molecule has 40 heavy (non-hydrogen) atoms. The van der Waals surface area contributed by atoms with E-state index in [1.54, 1.807) is 12.4 Å². The zero-order valence-electron chi connectivity index (χ0n) is 21.8. The van der Waals surface area contributed by atoms with Crippen LogP contribution in [0.4, 0.5) is 18.9 Å². The molecule has 1 atom stereocenters. The van der Waals surface area contributed by atoms with E-state index in [1.807, 2.05) is 30.3 Å². The Kier molecular flexibility index (Phi) is 8.30. The quantitative estimate of drug-likeness (QED) is 0.381. The van der Waals surface area contributed by atoms with Crippen LogP contribution in [0.5, 0.6) is 0 Å². The van der Waals surface area contributed by atoms with E-state index in [4.69, 9.17) is 11.6 Å². The van der Waals surface area contributed by atoms with Gasteiger partial charge in [-0.15, -0.1) is 0 Å². The molecule has 0 saturated carbocycles. The van der Waals surface area contributed by atoms with Gasteiger partial charge < -0.3 is 15.5 Å². The Balaban J connectivity index is 1.22. The van der Waals surface area contributed by atoms with Crippen LogP contribution in [0, 0.1) is 0 Å². The SMILES string of the molecule is O=C(NC1CCN(c2ccncc2)CC1)c1ccc2c(c1)C(CNC(=O)c1cc(C(F)(F)F)ccc1Cl)CCC2. The fourth-order valence-corrected chi connectivity index (χ4v) is 5.75. The van der Waals surface area contributed by atoms with Crippen molar-refractivity contribution in [1.82, 2.24) is 15.6 Å². The van der Waals surface area contributed by atoms with Crippen molar-refractivity contribution in [2.24, 2.45) is 0 Å². The van der Waals surface area contributed by atoms with Crippen molar-refractivity contribution in [3.63, 3.8) is 0 Å². The van der Waals surface area contributed by atoms with Crippen LogP contribution in [0.15, 0.2) is 60.9 Å². The van der Waals surface area contributed by atoms with Crippen LogP contribution in [-0.2, 0) is 12.6 Å². The van der Waals surface area contributed by atoms with Gasteiger partial charge in [0.1, 0.15) is 0 Å². The van der Waals surface area contributed by atoms with Crippen LogP contribution in [0.25, 0.3) is 0 Å². The zero-order valence-corrected chi connectivity index (χ0v) is 22.6. The predicted molar refractivity (Wildman–Crippen MR) is 148 cm³/mol. The summed E-state index contributed by atoms with van der Waals surface area (Å²) in [6, 6.07) is 12.5. The molecule has 5 rings (SSSR count). The molecule has 0 bridgehead atoms. The number of carbonyl (C=O) groups excluding carboxylic acids is 2. The molecule has 0 radical (unpaired) electrons. The van der Waals surface area contributed by atoms with Crippen molar-refractivity contribution in [1.29, 1.82) is 0 Å². The van der Waals surface area contributed by atoms with Crippen molar-refractivity contribution in [3.05, 3.63) is 93.8 Å². The maximum Gasteiger partial charge on any atom is 0.416 e. The van der Waals surface area contributed by atoms with Gasteiger partial charge in [-0.3, -0.25) is 14.6 Å². The number of rotatable bonds is 6. The zero-order chi connectivity index (χ0) is 28.3. The van der Waals surface area contributed by atoms with Crippen LogP contribution < -0.4 is 15.5 Å². The summed E-state index contributed by atoms with van der Waals surface area (Å²) in [4.78, 5) is 32.3. The molecular formula is C30H30ClF3N4O2. The standard InChI is InChI=1S/C30H30ClF3N4O2/c31-27-7-6-22(30(32,33)34)17-26(27)29(40)36-18-21-3-1-2-19-4-5-20(16-25(19)21)28(39)37-23-10-14-38(15-11-23)24-8-12-35-13-9-24/h4-9,12-13,16-17,21,23H,1-3,10-11,14-15,18H2,(H,36,40)(H,37,39). The maximum absolute atomic E-state index is 13.1. The summed E-state index contributed by atoms with van der Waals surface area (Å²) in [7, 11) is 0. The first-order chi connectivity index (χ1) is 19.2. The lowest BCUT2D eigenvalue weighted by molar-refractivity contribution is -0.137. The fourth-order valence-electron chi connectivity index (χ4n) is 5.54. The summed E-state index contributed by atoms with van der Waals surface area (Å²) >= 11 is 6.04. The molecule has 1 fully saturated rings. The highest BCUT2D eigenvalue weighted by Crippen LogP contribution is 2.34. The van der Waals surface area contributed by atoms with Gasteiger partial charge in [-0.25, -0.2) is 0 Å². The normalized spacial score (nSPS) is 17.7. The first kappa shape index (κ1) is 28.0. The Morgan fingerprint density at radius 2 is 1.73 bits per heavy atom. The summed E-state index contributed by atoms with van der Waals surface area (Å²) < 4.78 is 39.4. The van der Waals surface area contributed by atoms with Crippen LogP contribution >= 0.6 is 11.6 Å². The number of pyridine rings is 1. The van der Waals surface area contributed by atoms with Crippen molar-refractivity contribution >= 4 is 29.1 Å². The number of nitrogens with zero attached hydrogens (tertiary/aromatic N) is 2. The molecular weight excluding hydrogens is 541 g/mol. The lowest BCUT2D eigenvalue weighted by Crippen LogP contribution is -2.44. The van der Waals surface area contributed by atoms with Crippen LogP contribution in [0.3, 0.4) is 0 Å². The molecule has 210 valence electrons. The highest BCUT2D eigenvalue weighted by atomic mass is 35.5. The molecule has 1 aliphatic heterocycles. The van der Waals surface area contributed by atoms with Gasteiger partial charge in [0.05, 0.1) is 16.1 Å². The van der Waals surface area contributed by atoms with Crippen LogP contribution in [0.2, 0.25) is 5.02 Å². The summed E-state index contributed by atoms with van der Waals surface area (Å²) in [5, 5.41) is 5.89. The Morgan fingerprint density at radius 1 is 0.975 bits per heavy atom. The second-order valence-electron chi connectivity index (χ2n) is 10.3. The number of fused-ring (bicyclic) bond motifs is 1. The summed E-state index contributed by atoms with van der Waals surface area (Å²) in [6.45, 7) is 1.92. The third-order valence-corrected chi connectivity index (χ3v) is 8.08. The largest absolute Gasteiger partial charge is 0.416 e. The predicted octanol–water partition coefficient (Wildman–Crippen LogP) is 6.00. The number of hydrogen-bond donors (Lipinski definition) is 2. The number of anilines is 1. The van der Waals surface area contributed by atoms with Crippen LogP contribution in [-0.4, -0.2) is 42.5 Å². The molecule has 2 aliphatic rings. The molecule has 1 saturated heterocycles. The second kappa shape index (κ2) is 11.9. The smallest absolute Gasteiger partial charge is 0.371 e. The number of piperidine rings is 1. The minimum atomic E-state index is -4.57. The molecule has 6 nitrogen and oxygen atoms in total. The summed E-state index contributed by atoms with van der Waals surface area (Å²) in [5.74, 6) is -0.849. The maximum atomic E-state index is 13.1. The number of nitrogens with one attached hydrogen (secondary N) is 2. The topological polar surface area (TPSA) is 74.3 Å². The molecule has 1 unspecified atom stereocenters. The highest BCUT2D eigenvalue weighted by Gasteiger charge is 2.32. The number of aromatic nitrogens is 1.